The van der Waals surface area contributed by atoms with Crippen molar-refractivity contribution >= 4 is 5.91 Å². The van der Waals surface area contributed by atoms with Crippen LogP contribution in [0.25, 0.3) is 0 Å². The maximum atomic E-state index is 11.9. The summed E-state index contributed by atoms with van der Waals surface area (Å²) in [5.41, 5.74) is 0. The topological polar surface area (TPSA) is 23.6 Å². The normalized spacial score (nSPS) is 23.9. The second-order valence-electron chi connectivity index (χ2n) is 5.22. The van der Waals surface area contributed by atoms with Crippen molar-refractivity contribution in [3.05, 3.63) is 0 Å². The molecule has 0 unspecified atom stereocenters. The molecule has 0 spiro atoms. The zero-order valence-corrected chi connectivity index (χ0v) is 10.5. The van der Waals surface area contributed by atoms with Gasteiger partial charge in [-0.15, -0.1) is 0 Å². The van der Waals surface area contributed by atoms with E-state index in [1.165, 1.54) is 32.1 Å². The molecular weight excluding hydrogens is 200 g/mol. The number of carbonyl (C=O) groups excluding carboxylic acids is 1. The van der Waals surface area contributed by atoms with Crippen LogP contribution < -0.4 is 0 Å². The smallest absolute Gasteiger partial charge is 0.236 e. The summed E-state index contributed by atoms with van der Waals surface area (Å²) in [6, 6.07) is 0. The lowest BCUT2D eigenvalue weighted by molar-refractivity contribution is -0.131. The van der Waals surface area contributed by atoms with Crippen molar-refractivity contribution in [2.24, 2.45) is 5.92 Å². The molecule has 92 valence electrons. The van der Waals surface area contributed by atoms with Gasteiger partial charge in [0.2, 0.25) is 5.91 Å². The van der Waals surface area contributed by atoms with Crippen molar-refractivity contribution in [3.8, 4) is 0 Å². The van der Waals surface area contributed by atoms with Crippen molar-refractivity contribution in [2.75, 3.05) is 32.7 Å². The number of nitrogens with zero attached hydrogens (tertiary/aromatic N) is 2. The molecule has 2 aliphatic rings. The number of rotatable bonds is 3. The molecule has 0 aliphatic carbocycles. The minimum atomic E-state index is 0.354. The van der Waals surface area contributed by atoms with Gasteiger partial charge in [0, 0.05) is 13.1 Å². The fraction of sp³-hybridized carbons (Fsp3) is 0.923. The van der Waals surface area contributed by atoms with Crippen LogP contribution in [0.2, 0.25) is 0 Å². The Morgan fingerprint density at radius 1 is 1.12 bits per heavy atom. The van der Waals surface area contributed by atoms with Gasteiger partial charge in [0.25, 0.3) is 0 Å². The summed E-state index contributed by atoms with van der Waals surface area (Å²) in [5, 5.41) is 0. The van der Waals surface area contributed by atoms with E-state index in [1.54, 1.807) is 0 Å². The largest absolute Gasteiger partial charge is 0.342 e. The van der Waals surface area contributed by atoms with E-state index >= 15 is 0 Å². The molecule has 0 N–H and O–H groups in total. The second kappa shape index (κ2) is 5.67. The third-order valence-corrected chi connectivity index (χ3v) is 4.10. The number of hydrogen-bond donors (Lipinski definition) is 0. The highest BCUT2D eigenvalue weighted by Crippen LogP contribution is 2.20. The molecular formula is C13H24N2O. The van der Waals surface area contributed by atoms with Gasteiger partial charge in [-0.1, -0.05) is 13.3 Å². The SMILES string of the molecule is CCC1CCN(CC(=O)N2CCCC2)CC1. The summed E-state index contributed by atoms with van der Waals surface area (Å²) < 4.78 is 0. The van der Waals surface area contributed by atoms with Gasteiger partial charge in [-0.3, -0.25) is 9.69 Å². The standard InChI is InChI=1S/C13H24N2O/c1-2-12-5-9-14(10-6-12)11-13(16)15-7-3-4-8-15/h12H,2-11H2,1H3. The van der Waals surface area contributed by atoms with E-state index in [1.807, 2.05) is 4.90 Å². The summed E-state index contributed by atoms with van der Waals surface area (Å²) in [5.74, 6) is 1.26. The zero-order chi connectivity index (χ0) is 11.4. The molecule has 0 saturated carbocycles. The van der Waals surface area contributed by atoms with E-state index in [9.17, 15) is 4.79 Å². The third kappa shape index (κ3) is 2.97. The van der Waals surface area contributed by atoms with Crippen molar-refractivity contribution in [2.45, 2.75) is 39.0 Å². The van der Waals surface area contributed by atoms with E-state index in [0.717, 1.165) is 32.1 Å². The fourth-order valence-electron chi connectivity index (χ4n) is 2.81. The van der Waals surface area contributed by atoms with Gasteiger partial charge < -0.3 is 4.90 Å². The fourth-order valence-corrected chi connectivity index (χ4v) is 2.81. The maximum Gasteiger partial charge on any atom is 0.236 e. The van der Waals surface area contributed by atoms with Crippen LogP contribution in [-0.2, 0) is 4.79 Å². The van der Waals surface area contributed by atoms with E-state index in [4.69, 9.17) is 0 Å². The molecule has 3 heteroatoms. The molecule has 2 heterocycles. The van der Waals surface area contributed by atoms with Gasteiger partial charge in [-0.05, 0) is 44.7 Å². The average Bonchev–Trinajstić information content (AvgIpc) is 2.83. The van der Waals surface area contributed by atoms with Crippen LogP contribution >= 0.6 is 0 Å². The zero-order valence-electron chi connectivity index (χ0n) is 10.5. The quantitative estimate of drug-likeness (QED) is 0.729. The second-order valence-corrected chi connectivity index (χ2v) is 5.22. The molecule has 2 fully saturated rings. The minimum absolute atomic E-state index is 0.354. The van der Waals surface area contributed by atoms with Crippen LogP contribution in [0, 0.1) is 5.92 Å². The first kappa shape index (κ1) is 11.9. The minimum Gasteiger partial charge on any atom is -0.342 e. The Bertz CT molecular complexity index is 228. The summed E-state index contributed by atoms with van der Waals surface area (Å²) in [6.07, 6.45) is 6.26. The molecule has 1 amide bonds. The van der Waals surface area contributed by atoms with Gasteiger partial charge in [0.15, 0.2) is 0 Å². The molecule has 2 rings (SSSR count). The average molecular weight is 224 g/mol. The molecule has 0 aromatic carbocycles. The molecule has 3 nitrogen and oxygen atoms in total. The highest BCUT2D eigenvalue weighted by atomic mass is 16.2. The number of likely N-dealkylation sites (tertiary alicyclic amines) is 2. The van der Waals surface area contributed by atoms with Crippen molar-refractivity contribution in [3.63, 3.8) is 0 Å². The highest BCUT2D eigenvalue weighted by molar-refractivity contribution is 5.78. The first-order valence-corrected chi connectivity index (χ1v) is 6.79. The molecule has 16 heavy (non-hydrogen) atoms. The Labute approximate surface area is 98.8 Å². The number of piperidine rings is 1. The number of hydrogen-bond acceptors (Lipinski definition) is 2. The van der Waals surface area contributed by atoms with Gasteiger partial charge in [0.05, 0.1) is 6.54 Å². The van der Waals surface area contributed by atoms with E-state index in [-0.39, 0.29) is 0 Å². The highest BCUT2D eigenvalue weighted by Gasteiger charge is 2.23. The van der Waals surface area contributed by atoms with Crippen molar-refractivity contribution < 1.29 is 4.79 Å². The Balaban J connectivity index is 1.71. The molecule has 0 aromatic rings. The number of carbonyl (C=O) groups is 1. The lowest BCUT2D eigenvalue weighted by Crippen LogP contribution is -2.42. The molecule has 2 saturated heterocycles. The predicted molar refractivity (Wildman–Crippen MR) is 65.3 cm³/mol. The van der Waals surface area contributed by atoms with Gasteiger partial charge in [0.1, 0.15) is 0 Å². The van der Waals surface area contributed by atoms with Crippen LogP contribution in [0.15, 0.2) is 0 Å². The molecule has 2 aliphatic heterocycles. The van der Waals surface area contributed by atoms with E-state index in [0.29, 0.717) is 12.5 Å². The van der Waals surface area contributed by atoms with Gasteiger partial charge >= 0.3 is 0 Å². The van der Waals surface area contributed by atoms with Crippen molar-refractivity contribution in [1.29, 1.82) is 0 Å². The van der Waals surface area contributed by atoms with Crippen LogP contribution in [0.1, 0.15) is 39.0 Å². The van der Waals surface area contributed by atoms with Gasteiger partial charge in [-0.25, -0.2) is 0 Å². The van der Waals surface area contributed by atoms with Crippen LogP contribution in [0.5, 0.6) is 0 Å². The Morgan fingerprint density at radius 3 is 2.31 bits per heavy atom. The summed E-state index contributed by atoms with van der Waals surface area (Å²) >= 11 is 0. The Hall–Kier alpha value is -0.570. The first-order chi connectivity index (χ1) is 7.79. The summed E-state index contributed by atoms with van der Waals surface area (Å²) in [7, 11) is 0. The lowest BCUT2D eigenvalue weighted by Gasteiger charge is -2.31. The van der Waals surface area contributed by atoms with Crippen LogP contribution in [0.3, 0.4) is 0 Å². The molecule has 0 radical (unpaired) electrons. The summed E-state index contributed by atoms with van der Waals surface area (Å²) in [6.45, 7) is 7.16. The molecule has 0 atom stereocenters. The lowest BCUT2D eigenvalue weighted by atomic mass is 9.94. The summed E-state index contributed by atoms with van der Waals surface area (Å²) in [4.78, 5) is 16.3. The first-order valence-electron chi connectivity index (χ1n) is 6.79. The van der Waals surface area contributed by atoms with Crippen LogP contribution in [-0.4, -0.2) is 48.4 Å². The maximum absolute atomic E-state index is 11.9. The monoisotopic (exact) mass is 224 g/mol. The van der Waals surface area contributed by atoms with E-state index < -0.39 is 0 Å². The van der Waals surface area contributed by atoms with Gasteiger partial charge in [-0.2, -0.15) is 0 Å². The predicted octanol–water partition coefficient (Wildman–Crippen LogP) is 1.73. The Kier molecular flexibility index (Phi) is 4.22. The molecule has 0 bridgehead atoms. The third-order valence-electron chi connectivity index (χ3n) is 4.10. The van der Waals surface area contributed by atoms with Crippen molar-refractivity contribution in [1.82, 2.24) is 9.80 Å². The molecule has 0 aromatic heterocycles. The van der Waals surface area contributed by atoms with E-state index in [2.05, 4.69) is 11.8 Å². The Morgan fingerprint density at radius 2 is 1.75 bits per heavy atom. The number of amides is 1. The van der Waals surface area contributed by atoms with Crippen LogP contribution in [0.4, 0.5) is 0 Å².